The van der Waals surface area contributed by atoms with Gasteiger partial charge >= 0.3 is 5.97 Å². The third-order valence-electron chi connectivity index (χ3n) is 2.06. The molecular weight excluding hydrogens is 194 g/mol. The van der Waals surface area contributed by atoms with Gasteiger partial charge in [-0.25, -0.2) is 0 Å². The first kappa shape index (κ1) is 11.2. The van der Waals surface area contributed by atoms with Crippen molar-refractivity contribution in [3.05, 3.63) is 17.5 Å². The van der Waals surface area contributed by atoms with Gasteiger partial charge in [-0.3, -0.25) is 9.48 Å². The van der Waals surface area contributed by atoms with E-state index in [0.717, 1.165) is 11.3 Å². The standard InChI is InChI=1S/C10H13N3O2/c1-3-15-10(14)7-13-8(2)9(4-5-11)6-12-13/h6H,3-4,7H2,1-2H3. The number of carbonyl (C=O) groups excluding carboxylic acids is 1. The first-order valence-electron chi connectivity index (χ1n) is 4.73. The van der Waals surface area contributed by atoms with Crippen molar-refractivity contribution in [3.63, 3.8) is 0 Å². The SMILES string of the molecule is CCOC(=O)Cn1ncc(CC#N)c1C. The van der Waals surface area contributed by atoms with Crippen LogP contribution >= 0.6 is 0 Å². The molecule has 0 aliphatic heterocycles. The number of nitriles is 1. The minimum atomic E-state index is -0.313. The Morgan fingerprint density at radius 3 is 3.07 bits per heavy atom. The van der Waals surface area contributed by atoms with E-state index in [1.54, 1.807) is 17.8 Å². The maximum absolute atomic E-state index is 11.2. The lowest BCUT2D eigenvalue weighted by atomic mass is 10.2. The monoisotopic (exact) mass is 207 g/mol. The lowest BCUT2D eigenvalue weighted by Gasteiger charge is -2.04. The number of carbonyl (C=O) groups is 1. The molecule has 0 saturated carbocycles. The highest BCUT2D eigenvalue weighted by Gasteiger charge is 2.09. The van der Waals surface area contributed by atoms with Crippen molar-refractivity contribution in [1.82, 2.24) is 9.78 Å². The Bertz CT molecular complexity index is 390. The summed E-state index contributed by atoms with van der Waals surface area (Å²) in [7, 11) is 0. The molecule has 1 heterocycles. The van der Waals surface area contributed by atoms with E-state index in [2.05, 4.69) is 5.10 Å². The van der Waals surface area contributed by atoms with Crippen molar-refractivity contribution in [2.45, 2.75) is 26.8 Å². The molecule has 15 heavy (non-hydrogen) atoms. The Morgan fingerprint density at radius 2 is 2.47 bits per heavy atom. The topological polar surface area (TPSA) is 67.9 Å². The minimum absolute atomic E-state index is 0.102. The lowest BCUT2D eigenvalue weighted by Crippen LogP contribution is -2.15. The molecule has 1 aromatic heterocycles. The molecule has 1 rings (SSSR count). The van der Waals surface area contributed by atoms with Gasteiger partial charge in [0, 0.05) is 11.3 Å². The second kappa shape index (κ2) is 5.15. The van der Waals surface area contributed by atoms with E-state index in [0.29, 0.717) is 13.0 Å². The average Bonchev–Trinajstić information content (AvgIpc) is 2.51. The fourth-order valence-electron chi connectivity index (χ4n) is 1.23. The van der Waals surface area contributed by atoms with E-state index in [1.807, 2.05) is 13.0 Å². The summed E-state index contributed by atoms with van der Waals surface area (Å²) < 4.78 is 6.35. The largest absolute Gasteiger partial charge is 0.465 e. The van der Waals surface area contributed by atoms with E-state index >= 15 is 0 Å². The molecule has 0 aromatic carbocycles. The summed E-state index contributed by atoms with van der Waals surface area (Å²) >= 11 is 0. The fourth-order valence-corrected chi connectivity index (χ4v) is 1.23. The van der Waals surface area contributed by atoms with Crippen LogP contribution in [0.4, 0.5) is 0 Å². The van der Waals surface area contributed by atoms with E-state index in [9.17, 15) is 4.79 Å². The second-order valence-corrected chi connectivity index (χ2v) is 3.05. The lowest BCUT2D eigenvalue weighted by molar-refractivity contribution is -0.144. The first-order valence-corrected chi connectivity index (χ1v) is 4.73. The predicted octanol–water partition coefficient (Wildman–Crippen LogP) is 0.821. The van der Waals surface area contributed by atoms with Crippen LogP contribution in [0.3, 0.4) is 0 Å². The molecule has 0 saturated heterocycles. The Hall–Kier alpha value is -1.83. The highest BCUT2D eigenvalue weighted by atomic mass is 16.5. The van der Waals surface area contributed by atoms with Gasteiger partial charge in [0.25, 0.3) is 0 Å². The van der Waals surface area contributed by atoms with Crippen LogP contribution in [-0.2, 0) is 22.5 Å². The van der Waals surface area contributed by atoms with E-state index < -0.39 is 0 Å². The number of esters is 1. The van der Waals surface area contributed by atoms with Crippen LogP contribution < -0.4 is 0 Å². The number of aromatic nitrogens is 2. The van der Waals surface area contributed by atoms with Crippen molar-refractivity contribution in [2.75, 3.05) is 6.61 Å². The smallest absolute Gasteiger partial charge is 0.327 e. The third-order valence-corrected chi connectivity index (χ3v) is 2.06. The Balaban J connectivity index is 2.71. The van der Waals surface area contributed by atoms with Gasteiger partial charge in [-0.05, 0) is 13.8 Å². The fraction of sp³-hybridized carbons (Fsp3) is 0.500. The van der Waals surface area contributed by atoms with Gasteiger partial charge in [0.1, 0.15) is 6.54 Å². The van der Waals surface area contributed by atoms with Crippen LogP contribution in [0.2, 0.25) is 0 Å². The van der Waals surface area contributed by atoms with Crippen molar-refractivity contribution in [3.8, 4) is 6.07 Å². The summed E-state index contributed by atoms with van der Waals surface area (Å²) in [6.07, 6.45) is 1.92. The highest BCUT2D eigenvalue weighted by molar-refractivity contribution is 5.69. The van der Waals surface area contributed by atoms with Crippen molar-refractivity contribution in [2.24, 2.45) is 0 Å². The molecule has 80 valence electrons. The zero-order chi connectivity index (χ0) is 11.3. The quantitative estimate of drug-likeness (QED) is 0.685. The highest BCUT2D eigenvalue weighted by Crippen LogP contribution is 2.07. The van der Waals surface area contributed by atoms with Gasteiger partial charge in [-0.1, -0.05) is 0 Å². The van der Waals surface area contributed by atoms with Gasteiger partial charge in [-0.2, -0.15) is 10.4 Å². The summed E-state index contributed by atoms with van der Waals surface area (Å²) in [6.45, 7) is 4.06. The molecule has 0 bridgehead atoms. The molecule has 5 heteroatoms. The van der Waals surface area contributed by atoms with Crippen molar-refractivity contribution < 1.29 is 9.53 Å². The second-order valence-electron chi connectivity index (χ2n) is 3.05. The number of nitrogens with zero attached hydrogens (tertiary/aromatic N) is 3. The number of rotatable bonds is 4. The van der Waals surface area contributed by atoms with E-state index in [1.165, 1.54) is 0 Å². The maximum Gasteiger partial charge on any atom is 0.327 e. The number of hydrogen-bond donors (Lipinski definition) is 0. The predicted molar refractivity (Wildman–Crippen MR) is 52.9 cm³/mol. The average molecular weight is 207 g/mol. The zero-order valence-electron chi connectivity index (χ0n) is 8.86. The summed E-state index contributed by atoms with van der Waals surface area (Å²) in [6, 6.07) is 2.05. The zero-order valence-corrected chi connectivity index (χ0v) is 8.86. The molecule has 0 aliphatic rings. The summed E-state index contributed by atoms with van der Waals surface area (Å²) in [5.74, 6) is -0.313. The molecule has 0 amide bonds. The van der Waals surface area contributed by atoms with Crippen LogP contribution in [-0.4, -0.2) is 22.4 Å². The molecule has 0 fully saturated rings. The molecule has 0 aliphatic carbocycles. The van der Waals surface area contributed by atoms with Gasteiger partial charge in [-0.15, -0.1) is 0 Å². The minimum Gasteiger partial charge on any atom is -0.465 e. The summed E-state index contributed by atoms with van der Waals surface area (Å²) in [5, 5.41) is 12.6. The van der Waals surface area contributed by atoms with E-state index in [-0.39, 0.29) is 12.5 Å². The van der Waals surface area contributed by atoms with E-state index in [4.69, 9.17) is 10.00 Å². The van der Waals surface area contributed by atoms with Gasteiger partial charge in [0.05, 0.1) is 25.3 Å². The summed E-state index contributed by atoms with van der Waals surface area (Å²) in [4.78, 5) is 11.2. The molecule has 1 aromatic rings. The van der Waals surface area contributed by atoms with Gasteiger partial charge in [0.2, 0.25) is 0 Å². The Kier molecular flexibility index (Phi) is 3.86. The van der Waals surface area contributed by atoms with Crippen molar-refractivity contribution >= 4 is 5.97 Å². The van der Waals surface area contributed by atoms with Gasteiger partial charge < -0.3 is 4.74 Å². The normalized spacial score (nSPS) is 9.67. The summed E-state index contributed by atoms with van der Waals surface area (Å²) in [5.41, 5.74) is 1.69. The number of ether oxygens (including phenoxy) is 1. The van der Waals surface area contributed by atoms with Gasteiger partial charge in [0.15, 0.2) is 0 Å². The van der Waals surface area contributed by atoms with Crippen LogP contribution in [0, 0.1) is 18.3 Å². The maximum atomic E-state index is 11.2. The molecule has 0 radical (unpaired) electrons. The molecular formula is C10H13N3O2. The molecule has 0 spiro atoms. The first-order chi connectivity index (χ1) is 7.19. The molecule has 0 atom stereocenters. The van der Waals surface area contributed by atoms with Crippen LogP contribution in [0.1, 0.15) is 18.2 Å². The van der Waals surface area contributed by atoms with Crippen molar-refractivity contribution in [1.29, 1.82) is 5.26 Å². The molecule has 0 N–H and O–H groups in total. The van der Waals surface area contributed by atoms with Crippen LogP contribution in [0.15, 0.2) is 6.20 Å². The molecule has 0 unspecified atom stereocenters. The Labute approximate surface area is 88.3 Å². The third kappa shape index (κ3) is 2.81. The Morgan fingerprint density at radius 1 is 1.73 bits per heavy atom. The number of hydrogen-bond acceptors (Lipinski definition) is 4. The molecule has 5 nitrogen and oxygen atoms in total. The van der Waals surface area contributed by atoms with Crippen LogP contribution in [0.25, 0.3) is 0 Å². The van der Waals surface area contributed by atoms with Crippen LogP contribution in [0.5, 0.6) is 0 Å².